The second kappa shape index (κ2) is 8.91. The standard InChI is InChI=1S/C18H16.C9H10O2/c1-3-7-15-13(5-1)9-11-18-16-8-4-2-6-14(16)10-12-17(15)18;1-8(10)11-7-9-5-3-2-4-6-9/h1,3,5,7,9-12H,2,4,6,8H2;2-6H,7H2,1H3. The minimum Gasteiger partial charge on any atom is -0.461 e. The molecule has 4 aromatic carbocycles. The van der Waals surface area contributed by atoms with Crippen molar-refractivity contribution in [2.45, 2.75) is 39.2 Å². The summed E-state index contributed by atoms with van der Waals surface area (Å²) in [6.45, 7) is 1.78. The van der Waals surface area contributed by atoms with Crippen LogP contribution in [0.2, 0.25) is 0 Å². The molecule has 0 aromatic heterocycles. The van der Waals surface area contributed by atoms with E-state index in [9.17, 15) is 4.79 Å². The van der Waals surface area contributed by atoms with Gasteiger partial charge in [0, 0.05) is 6.92 Å². The quantitative estimate of drug-likeness (QED) is 0.288. The van der Waals surface area contributed by atoms with Crippen molar-refractivity contribution in [3.8, 4) is 0 Å². The molecule has 4 aromatic rings. The van der Waals surface area contributed by atoms with Crippen LogP contribution in [0, 0.1) is 0 Å². The van der Waals surface area contributed by atoms with E-state index in [1.165, 1.54) is 54.2 Å². The number of ether oxygens (including phenoxy) is 1. The number of hydrogen-bond donors (Lipinski definition) is 0. The fourth-order valence-corrected chi connectivity index (χ4v) is 4.10. The Kier molecular flexibility index (Phi) is 5.90. The smallest absolute Gasteiger partial charge is 0.302 e. The van der Waals surface area contributed by atoms with Crippen molar-refractivity contribution in [2.75, 3.05) is 0 Å². The molecule has 0 radical (unpaired) electrons. The summed E-state index contributed by atoms with van der Waals surface area (Å²) >= 11 is 0. The van der Waals surface area contributed by atoms with Crippen molar-refractivity contribution in [2.24, 2.45) is 0 Å². The van der Waals surface area contributed by atoms with Crippen molar-refractivity contribution in [3.63, 3.8) is 0 Å². The molecule has 0 saturated carbocycles. The van der Waals surface area contributed by atoms with Crippen LogP contribution in [0.5, 0.6) is 0 Å². The Hall–Kier alpha value is -3.13. The highest BCUT2D eigenvalue weighted by Gasteiger charge is 2.13. The average Bonchev–Trinajstić information content (AvgIpc) is 2.78. The Morgan fingerprint density at radius 2 is 1.48 bits per heavy atom. The Morgan fingerprint density at radius 3 is 2.31 bits per heavy atom. The van der Waals surface area contributed by atoms with Gasteiger partial charge >= 0.3 is 5.97 Å². The molecule has 29 heavy (non-hydrogen) atoms. The first-order valence-corrected chi connectivity index (χ1v) is 10.3. The van der Waals surface area contributed by atoms with Crippen molar-refractivity contribution in [1.29, 1.82) is 0 Å². The predicted molar refractivity (Wildman–Crippen MR) is 120 cm³/mol. The van der Waals surface area contributed by atoms with E-state index in [4.69, 9.17) is 4.74 Å². The zero-order valence-corrected chi connectivity index (χ0v) is 16.9. The van der Waals surface area contributed by atoms with Gasteiger partial charge in [0.1, 0.15) is 6.61 Å². The van der Waals surface area contributed by atoms with Gasteiger partial charge in [0.15, 0.2) is 0 Å². The number of carbonyl (C=O) groups is 1. The van der Waals surface area contributed by atoms with E-state index < -0.39 is 0 Å². The monoisotopic (exact) mass is 382 g/mol. The van der Waals surface area contributed by atoms with Crippen molar-refractivity contribution in [3.05, 3.63) is 95.6 Å². The van der Waals surface area contributed by atoms with E-state index in [2.05, 4.69) is 48.5 Å². The first-order chi connectivity index (χ1) is 14.2. The lowest BCUT2D eigenvalue weighted by molar-refractivity contribution is -0.142. The Balaban J connectivity index is 0.000000161. The molecular formula is C27H26O2. The molecule has 0 spiro atoms. The maximum absolute atomic E-state index is 10.4. The molecule has 2 nitrogen and oxygen atoms in total. The maximum Gasteiger partial charge on any atom is 0.302 e. The average molecular weight is 383 g/mol. The van der Waals surface area contributed by atoms with Crippen LogP contribution < -0.4 is 0 Å². The Labute approximate surface area is 172 Å². The van der Waals surface area contributed by atoms with Gasteiger partial charge in [0.25, 0.3) is 0 Å². The molecule has 0 N–H and O–H groups in total. The third-order valence-corrected chi connectivity index (χ3v) is 5.54. The fraction of sp³-hybridized carbons (Fsp3) is 0.222. The molecule has 0 fully saturated rings. The lowest BCUT2D eigenvalue weighted by atomic mass is 9.86. The minimum atomic E-state index is -0.242. The van der Waals surface area contributed by atoms with E-state index in [1.54, 1.807) is 11.1 Å². The second-order valence-corrected chi connectivity index (χ2v) is 7.56. The number of carbonyl (C=O) groups excluding carboxylic acids is 1. The van der Waals surface area contributed by atoms with Gasteiger partial charge in [-0.25, -0.2) is 0 Å². The summed E-state index contributed by atoms with van der Waals surface area (Å²) in [5, 5.41) is 5.64. The van der Waals surface area contributed by atoms with Gasteiger partial charge in [0.2, 0.25) is 0 Å². The number of benzene rings is 4. The van der Waals surface area contributed by atoms with Gasteiger partial charge in [-0.2, -0.15) is 0 Å². The highest BCUT2D eigenvalue weighted by molar-refractivity contribution is 6.08. The number of hydrogen-bond acceptors (Lipinski definition) is 2. The molecule has 0 saturated heterocycles. The van der Waals surface area contributed by atoms with Crippen LogP contribution in [-0.2, 0) is 29.0 Å². The van der Waals surface area contributed by atoms with E-state index in [0.717, 1.165) is 5.56 Å². The molecule has 146 valence electrons. The highest BCUT2D eigenvalue weighted by atomic mass is 16.5. The van der Waals surface area contributed by atoms with Crippen molar-refractivity contribution < 1.29 is 9.53 Å². The van der Waals surface area contributed by atoms with Crippen LogP contribution in [-0.4, -0.2) is 5.97 Å². The van der Waals surface area contributed by atoms with E-state index in [0.29, 0.717) is 6.61 Å². The van der Waals surface area contributed by atoms with E-state index >= 15 is 0 Å². The highest BCUT2D eigenvalue weighted by Crippen LogP contribution is 2.33. The molecule has 0 unspecified atom stereocenters. The summed E-state index contributed by atoms with van der Waals surface area (Å²) < 4.78 is 4.79. The molecule has 2 heteroatoms. The molecule has 0 aliphatic heterocycles. The van der Waals surface area contributed by atoms with Crippen LogP contribution in [0.25, 0.3) is 21.5 Å². The summed E-state index contributed by atoms with van der Waals surface area (Å²) in [7, 11) is 0. The topological polar surface area (TPSA) is 26.3 Å². The summed E-state index contributed by atoms with van der Waals surface area (Å²) in [6, 6.07) is 27.6. The molecular weight excluding hydrogens is 356 g/mol. The third-order valence-electron chi connectivity index (χ3n) is 5.54. The summed E-state index contributed by atoms with van der Waals surface area (Å²) in [4.78, 5) is 10.4. The van der Waals surface area contributed by atoms with Crippen molar-refractivity contribution in [1.82, 2.24) is 0 Å². The zero-order valence-electron chi connectivity index (χ0n) is 16.9. The molecule has 1 aliphatic carbocycles. The van der Waals surface area contributed by atoms with Gasteiger partial charge in [0.05, 0.1) is 0 Å². The van der Waals surface area contributed by atoms with Crippen LogP contribution in [0.1, 0.15) is 36.5 Å². The van der Waals surface area contributed by atoms with Gasteiger partial charge in [-0.05, 0) is 63.9 Å². The molecule has 0 heterocycles. The Bertz CT molecular complexity index is 1130. The largest absolute Gasteiger partial charge is 0.461 e. The number of esters is 1. The normalized spacial score (nSPS) is 12.7. The first kappa shape index (κ1) is 19.2. The predicted octanol–water partition coefficient (Wildman–Crippen LogP) is 6.62. The van der Waals surface area contributed by atoms with Crippen LogP contribution in [0.15, 0.2) is 78.9 Å². The fourth-order valence-electron chi connectivity index (χ4n) is 4.10. The lowest BCUT2D eigenvalue weighted by Gasteiger charge is -2.18. The van der Waals surface area contributed by atoms with Gasteiger partial charge in [-0.15, -0.1) is 0 Å². The van der Waals surface area contributed by atoms with Gasteiger partial charge in [-0.3, -0.25) is 4.79 Å². The molecule has 0 amide bonds. The van der Waals surface area contributed by atoms with Gasteiger partial charge < -0.3 is 4.74 Å². The second-order valence-electron chi connectivity index (χ2n) is 7.56. The van der Waals surface area contributed by atoms with E-state index in [1.807, 2.05) is 30.3 Å². The number of aryl methyl sites for hydroxylation is 2. The van der Waals surface area contributed by atoms with Crippen LogP contribution in [0.4, 0.5) is 0 Å². The van der Waals surface area contributed by atoms with Crippen LogP contribution in [0.3, 0.4) is 0 Å². The zero-order chi connectivity index (χ0) is 20.1. The molecule has 5 rings (SSSR count). The van der Waals surface area contributed by atoms with Crippen LogP contribution >= 0.6 is 0 Å². The summed E-state index contributed by atoms with van der Waals surface area (Å²) in [5.41, 5.74) is 4.19. The molecule has 0 bridgehead atoms. The van der Waals surface area contributed by atoms with E-state index in [-0.39, 0.29) is 5.97 Å². The van der Waals surface area contributed by atoms with Gasteiger partial charge in [-0.1, -0.05) is 78.9 Å². The SMILES string of the molecule is CC(=O)OCc1ccccc1.c1ccc2c(c1)ccc1c3c(ccc12)CCCC3. The maximum atomic E-state index is 10.4. The lowest BCUT2D eigenvalue weighted by Crippen LogP contribution is -2.02. The first-order valence-electron chi connectivity index (χ1n) is 10.3. The molecule has 1 aliphatic rings. The number of rotatable bonds is 2. The summed E-state index contributed by atoms with van der Waals surface area (Å²) in [6.07, 6.45) is 5.22. The Morgan fingerprint density at radius 1 is 0.759 bits per heavy atom. The molecule has 0 atom stereocenters. The minimum absolute atomic E-state index is 0.242. The number of fused-ring (bicyclic) bond motifs is 5. The van der Waals surface area contributed by atoms with Crippen molar-refractivity contribution >= 4 is 27.5 Å². The summed E-state index contributed by atoms with van der Waals surface area (Å²) in [5.74, 6) is -0.242. The third kappa shape index (κ3) is 4.48.